The van der Waals surface area contributed by atoms with E-state index in [0.717, 1.165) is 5.56 Å². The van der Waals surface area contributed by atoms with E-state index in [9.17, 15) is 4.79 Å². The predicted molar refractivity (Wildman–Crippen MR) is 62.8 cm³/mol. The number of hydrogen-bond donors (Lipinski definition) is 1. The minimum Gasteiger partial charge on any atom is -0.481 e. The van der Waals surface area contributed by atoms with Crippen molar-refractivity contribution in [2.45, 2.75) is 19.8 Å². The van der Waals surface area contributed by atoms with Gasteiger partial charge in [-0.1, -0.05) is 19.0 Å². The van der Waals surface area contributed by atoms with Crippen molar-refractivity contribution >= 4 is 17.3 Å². The molecule has 2 atom stereocenters. The van der Waals surface area contributed by atoms with E-state index in [-0.39, 0.29) is 5.92 Å². The molecular weight excluding hydrogens is 240 g/mol. The Morgan fingerprint density at radius 3 is 2.88 bits per heavy atom. The van der Waals surface area contributed by atoms with Crippen LogP contribution in [-0.2, 0) is 4.79 Å². The minimum absolute atomic E-state index is 0.299. The average Bonchev–Trinajstić information content (AvgIpc) is 2.96. The number of nitrogens with zero attached hydrogens (tertiary/aromatic N) is 2. The molecule has 0 aliphatic carbocycles. The van der Waals surface area contributed by atoms with E-state index in [1.165, 1.54) is 0 Å². The van der Waals surface area contributed by atoms with Gasteiger partial charge in [0.1, 0.15) is 0 Å². The zero-order chi connectivity index (χ0) is 12.4. The quantitative estimate of drug-likeness (QED) is 0.905. The van der Waals surface area contributed by atoms with Crippen LogP contribution in [0.3, 0.4) is 0 Å². The highest BCUT2D eigenvalue weighted by atomic mass is 32.1. The fraction of sp³-hybridized carbons (Fsp3) is 0.364. The fourth-order valence-corrected chi connectivity index (χ4v) is 1.99. The molecule has 2 unspecified atom stereocenters. The summed E-state index contributed by atoms with van der Waals surface area (Å²) in [6.45, 7) is 3.39. The van der Waals surface area contributed by atoms with E-state index in [2.05, 4.69) is 10.1 Å². The van der Waals surface area contributed by atoms with Gasteiger partial charge in [0.2, 0.25) is 11.7 Å². The number of hydrogen-bond acceptors (Lipinski definition) is 5. The van der Waals surface area contributed by atoms with Crippen molar-refractivity contribution in [1.29, 1.82) is 0 Å². The first kappa shape index (κ1) is 11.8. The van der Waals surface area contributed by atoms with E-state index in [1.807, 2.05) is 16.8 Å². The Morgan fingerprint density at radius 1 is 1.53 bits per heavy atom. The lowest BCUT2D eigenvalue weighted by Crippen LogP contribution is -2.16. The Labute approximate surface area is 102 Å². The van der Waals surface area contributed by atoms with Gasteiger partial charge in [0.25, 0.3) is 0 Å². The maximum absolute atomic E-state index is 10.9. The van der Waals surface area contributed by atoms with Gasteiger partial charge in [-0.25, -0.2) is 0 Å². The summed E-state index contributed by atoms with van der Waals surface area (Å²) in [4.78, 5) is 15.1. The number of carboxylic acid groups (broad SMARTS) is 1. The zero-order valence-corrected chi connectivity index (χ0v) is 10.3. The Bertz CT molecular complexity index is 507. The average molecular weight is 252 g/mol. The molecule has 2 rings (SSSR count). The lowest BCUT2D eigenvalue weighted by molar-refractivity contribution is -0.141. The molecule has 2 aromatic rings. The van der Waals surface area contributed by atoms with Crippen molar-refractivity contribution in [3.05, 3.63) is 22.7 Å². The fourth-order valence-electron chi connectivity index (χ4n) is 1.36. The first-order chi connectivity index (χ1) is 8.09. The number of aliphatic carboxylic acids is 1. The van der Waals surface area contributed by atoms with E-state index >= 15 is 0 Å². The van der Waals surface area contributed by atoms with Gasteiger partial charge in [-0.15, -0.1) is 0 Å². The summed E-state index contributed by atoms with van der Waals surface area (Å²) in [7, 11) is 0. The third-order valence-corrected chi connectivity index (χ3v) is 3.43. The standard InChI is InChI=1S/C11H12N2O3S/c1-6(7(2)11(14)15)10-12-9(13-16-10)8-3-4-17-5-8/h3-7H,1-2H3,(H,14,15). The Kier molecular flexibility index (Phi) is 3.23. The molecule has 5 nitrogen and oxygen atoms in total. The van der Waals surface area contributed by atoms with Crippen LogP contribution in [0.4, 0.5) is 0 Å². The van der Waals surface area contributed by atoms with Gasteiger partial charge < -0.3 is 9.63 Å². The maximum atomic E-state index is 10.9. The summed E-state index contributed by atoms with van der Waals surface area (Å²) < 4.78 is 5.10. The summed E-state index contributed by atoms with van der Waals surface area (Å²) in [5.74, 6) is -0.849. The van der Waals surface area contributed by atoms with Gasteiger partial charge in [-0.05, 0) is 11.4 Å². The topological polar surface area (TPSA) is 76.2 Å². The van der Waals surface area contributed by atoms with Gasteiger partial charge in [-0.3, -0.25) is 4.79 Å². The molecule has 2 aromatic heterocycles. The summed E-state index contributed by atoms with van der Waals surface area (Å²) in [6.07, 6.45) is 0. The maximum Gasteiger partial charge on any atom is 0.307 e. The molecule has 17 heavy (non-hydrogen) atoms. The molecule has 0 aliphatic rings. The molecule has 1 N–H and O–H groups in total. The van der Waals surface area contributed by atoms with Crippen molar-refractivity contribution in [3.8, 4) is 11.4 Å². The normalized spacial score (nSPS) is 14.5. The second kappa shape index (κ2) is 4.67. The molecule has 0 aliphatic heterocycles. The first-order valence-corrected chi connectivity index (χ1v) is 6.13. The predicted octanol–water partition coefficient (Wildman–Crippen LogP) is 2.62. The van der Waals surface area contributed by atoms with Crippen LogP contribution in [0.2, 0.25) is 0 Å². The Hall–Kier alpha value is -1.69. The largest absolute Gasteiger partial charge is 0.481 e. The van der Waals surface area contributed by atoms with Crippen LogP contribution in [0, 0.1) is 5.92 Å². The summed E-state index contributed by atoms with van der Waals surface area (Å²) in [6, 6.07) is 1.89. The van der Waals surface area contributed by atoms with Gasteiger partial charge in [0.05, 0.1) is 5.92 Å². The molecule has 0 spiro atoms. The van der Waals surface area contributed by atoms with E-state index < -0.39 is 11.9 Å². The molecular formula is C11H12N2O3S. The lowest BCUT2D eigenvalue weighted by atomic mass is 9.96. The second-order valence-electron chi connectivity index (χ2n) is 3.88. The van der Waals surface area contributed by atoms with Crippen molar-refractivity contribution in [1.82, 2.24) is 10.1 Å². The number of aromatic nitrogens is 2. The number of carboxylic acids is 1. The smallest absolute Gasteiger partial charge is 0.307 e. The molecule has 90 valence electrons. The van der Waals surface area contributed by atoms with E-state index in [0.29, 0.717) is 11.7 Å². The minimum atomic E-state index is -0.868. The summed E-state index contributed by atoms with van der Waals surface area (Å²) in [5.41, 5.74) is 0.889. The zero-order valence-electron chi connectivity index (χ0n) is 9.45. The highest BCUT2D eigenvalue weighted by Gasteiger charge is 2.26. The van der Waals surface area contributed by atoms with Crippen LogP contribution in [0.5, 0.6) is 0 Å². The Balaban J connectivity index is 2.21. The number of carbonyl (C=O) groups is 1. The number of thiophene rings is 1. The van der Waals surface area contributed by atoms with Gasteiger partial charge >= 0.3 is 5.97 Å². The molecule has 0 aromatic carbocycles. The molecule has 2 heterocycles. The molecule has 0 fully saturated rings. The van der Waals surface area contributed by atoms with Crippen LogP contribution >= 0.6 is 11.3 Å². The molecule has 0 amide bonds. The van der Waals surface area contributed by atoms with Crippen molar-refractivity contribution in [2.75, 3.05) is 0 Å². The van der Waals surface area contributed by atoms with Crippen LogP contribution in [0.15, 0.2) is 21.3 Å². The van der Waals surface area contributed by atoms with Crippen LogP contribution < -0.4 is 0 Å². The van der Waals surface area contributed by atoms with Crippen molar-refractivity contribution in [3.63, 3.8) is 0 Å². The van der Waals surface area contributed by atoms with Crippen molar-refractivity contribution in [2.24, 2.45) is 5.92 Å². The Morgan fingerprint density at radius 2 is 2.29 bits per heavy atom. The van der Waals surface area contributed by atoms with Crippen LogP contribution in [-0.4, -0.2) is 21.2 Å². The van der Waals surface area contributed by atoms with E-state index in [1.54, 1.807) is 25.2 Å². The highest BCUT2D eigenvalue weighted by molar-refractivity contribution is 7.08. The summed E-state index contributed by atoms with van der Waals surface area (Å²) in [5, 5.41) is 16.6. The third kappa shape index (κ3) is 2.36. The number of rotatable bonds is 4. The lowest BCUT2D eigenvalue weighted by Gasteiger charge is -2.10. The first-order valence-electron chi connectivity index (χ1n) is 5.18. The van der Waals surface area contributed by atoms with Gasteiger partial charge in [-0.2, -0.15) is 16.3 Å². The van der Waals surface area contributed by atoms with Gasteiger partial charge in [0, 0.05) is 16.9 Å². The summed E-state index contributed by atoms with van der Waals surface area (Å²) >= 11 is 1.55. The molecule has 0 saturated carbocycles. The van der Waals surface area contributed by atoms with Gasteiger partial charge in [0.15, 0.2) is 0 Å². The molecule has 0 bridgehead atoms. The van der Waals surface area contributed by atoms with Crippen molar-refractivity contribution < 1.29 is 14.4 Å². The SMILES string of the molecule is CC(C(=O)O)C(C)c1nc(-c2ccsc2)no1. The van der Waals surface area contributed by atoms with Crippen LogP contribution in [0.1, 0.15) is 25.7 Å². The second-order valence-corrected chi connectivity index (χ2v) is 4.66. The monoisotopic (exact) mass is 252 g/mol. The van der Waals surface area contributed by atoms with Crippen LogP contribution in [0.25, 0.3) is 11.4 Å². The molecule has 6 heteroatoms. The molecule has 0 saturated heterocycles. The molecule has 0 radical (unpaired) electrons. The van der Waals surface area contributed by atoms with E-state index in [4.69, 9.17) is 9.63 Å². The third-order valence-electron chi connectivity index (χ3n) is 2.75. The highest BCUT2D eigenvalue weighted by Crippen LogP contribution is 2.26.